The fourth-order valence-corrected chi connectivity index (χ4v) is 2.35. The Morgan fingerprint density at radius 1 is 1.00 bits per heavy atom. The third kappa shape index (κ3) is 5.78. The third-order valence-electron chi connectivity index (χ3n) is 3.46. The van der Waals surface area contributed by atoms with Gasteiger partial charge < -0.3 is 5.32 Å². The van der Waals surface area contributed by atoms with Gasteiger partial charge in [-0.3, -0.25) is 0 Å². The van der Waals surface area contributed by atoms with Crippen molar-refractivity contribution >= 4 is 0 Å². The molecule has 0 fully saturated rings. The van der Waals surface area contributed by atoms with Crippen LogP contribution in [0.25, 0.3) is 0 Å². The molecule has 0 saturated carbocycles. The maximum Gasteiger partial charge on any atom is 0.0325 e. The largest absolute Gasteiger partial charge is 0.310 e. The van der Waals surface area contributed by atoms with Gasteiger partial charge in [0, 0.05) is 6.04 Å². The van der Waals surface area contributed by atoms with Crippen LogP contribution in [0.3, 0.4) is 0 Å². The normalized spacial score (nSPS) is 13.8. The van der Waals surface area contributed by atoms with Crippen LogP contribution >= 0.6 is 0 Å². The lowest BCUT2D eigenvalue weighted by atomic mass is 9.85. The second kappa shape index (κ2) is 7.09. The van der Waals surface area contributed by atoms with E-state index in [2.05, 4.69) is 71.1 Å². The molecular weight excluding hydrogens is 230 g/mol. The van der Waals surface area contributed by atoms with Gasteiger partial charge in [0.1, 0.15) is 0 Å². The molecular formula is C18H31N. The number of hydrogen-bond acceptors (Lipinski definition) is 1. The van der Waals surface area contributed by atoms with Crippen molar-refractivity contribution in [2.45, 2.75) is 66.3 Å². The zero-order valence-corrected chi connectivity index (χ0v) is 13.6. The predicted octanol–water partition coefficient (Wildman–Crippen LogP) is 5.29. The van der Waals surface area contributed by atoms with E-state index in [4.69, 9.17) is 0 Å². The van der Waals surface area contributed by atoms with Crippen LogP contribution in [0.4, 0.5) is 0 Å². The van der Waals surface area contributed by atoms with E-state index in [-0.39, 0.29) is 0 Å². The van der Waals surface area contributed by atoms with Gasteiger partial charge in [-0.25, -0.2) is 0 Å². The molecule has 0 aliphatic carbocycles. The van der Waals surface area contributed by atoms with Crippen LogP contribution in [-0.2, 0) is 0 Å². The first-order valence-electron chi connectivity index (χ1n) is 7.66. The minimum atomic E-state index is 0.349. The van der Waals surface area contributed by atoms with Gasteiger partial charge in [-0.1, -0.05) is 65.8 Å². The maximum atomic E-state index is 3.69. The molecule has 1 rings (SSSR count). The molecule has 0 aliphatic heterocycles. The Bertz CT molecular complexity index is 356. The summed E-state index contributed by atoms with van der Waals surface area (Å²) in [5.41, 5.74) is 3.20. The Balaban J connectivity index is 2.84. The fourth-order valence-electron chi connectivity index (χ4n) is 2.35. The molecule has 0 aliphatic rings. The smallest absolute Gasteiger partial charge is 0.0325 e. The lowest BCUT2D eigenvalue weighted by molar-refractivity contribution is 0.311. The zero-order chi connectivity index (χ0) is 14.5. The quantitative estimate of drug-likeness (QED) is 0.734. The van der Waals surface area contributed by atoms with Gasteiger partial charge in [0.2, 0.25) is 0 Å². The summed E-state index contributed by atoms with van der Waals surface area (Å²) in [6.45, 7) is 14.8. The molecule has 108 valence electrons. The zero-order valence-electron chi connectivity index (χ0n) is 13.6. The van der Waals surface area contributed by atoms with Crippen LogP contribution in [0, 0.1) is 5.41 Å². The Hall–Kier alpha value is -0.820. The first-order valence-corrected chi connectivity index (χ1v) is 7.66. The van der Waals surface area contributed by atoms with Crippen molar-refractivity contribution in [3.63, 3.8) is 0 Å². The molecule has 0 spiro atoms. The van der Waals surface area contributed by atoms with E-state index in [0.717, 1.165) is 6.54 Å². The summed E-state index contributed by atoms with van der Waals surface area (Å²) in [6, 6.07) is 9.64. The number of nitrogens with one attached hydrogen (secondary N) is 1. The SMILES string of the molecule is CCCNC(CC(C)(C)C)c1ccc(C(C)C)cc1. The standard InChI is InChI=1S/C18H31N/c1-7-12-19-17(13-18(4,5)6)16-10-8-15(9-11-16)14(2)3/h8-11,14,17,19H,7,12-13H2,1-6H3. The molecule has 1 aromatic carbocycles. The molecule has 1 N–H and O–H groups in total. The summed E-state index contributed by atoms with van der Waals surface area (Å²) in [5, 5.41) is 3.69. The van der Waals surface area contributed by atoms with E-state index in [1.54, 1.807) is 0 Å². The lowest BCUT2D eigenvalue weighted by Gasteiger charge is -2.27. The first kappa shape index (κ1) is 16.2. The summed E-state index contributed by atoms with van der Waals surface area (Å²) >= 11 is 0. The van der Waals surface area contributed by atoms with Crippen molar-refractivity contribution in [1.29, 1.82) is 0 Å². The summed E-state index contributed by atoms with van der Waals surface area (Å²) in [4.78, 5) is 0. The molecule has 0 bridgehead atoms. The predicted molar refractivity (Wildman–Crippen MR) is 85.6 cm³/mol. The minimum Gasteiger partial charge on any atom is -0.310 e. The van der Waals surface area contributed by atoms with Gasteiger partial charge in [0.05, 0.1) is 0 Å². The third-order valence-corrected chi connectivity index (χ3v) is 3.46. The van der Waals surface area contributed by atoms with Crippen LogP contribution in [0.5, 0.6) is 0 Å². The first-order chi connectivity index (χ1) is 8.83. The van der Waals surface area contributed by atoms with Crippen molar-refractivity contribution in [1.82, 2.24) is 5.32 Å². The molecule has 0 aromatic heterocycles. The second-order valence-electron chi connectivity index (χ2n) is 7.09. The highest BCUT2D eigenvalue weighted by Crippen LogP contribution is 2.30. The summed E-state index contributed by atoms with van der Waals surface area (Å²) in [5.74, 6) is 0.610. The maximum absolute atomic E-state index is 3.69. The molecule has 0 radical (unpaired) electrons. The molecule has 19 heavy (non-hydrogen) atoms. The van der Waals surface area contributed by atoms with Crippen LogP contribution in [0.1, 0.15) is 77.5 Å². The van der Waals surface area contributed by atoms with Crippen LogP contribution in [0.2, 0.25) is 0 Å². The molecule has 1 aromatic rings. The molecule has 0 saturated heterocycles. The topological polar surface area (TPSA) is 12.0 Å². The Kier molecular flexibility index (Phi) is 6.06. The second-order valence-corrected chi connectivity index (χ2v) is 7.09. The number of hydrogen-bond donors (Lipinski definition) is 1. The fraction of sp³-hybridized carbons (Fsp3) is 0.667. The van der Waals surface area contributed by atoms with Crippen LogP contribution < -0.4 is 5.32 Å². The molecule has 0 heterocycles. The molecule has 0 amide bonds. The van der Waals surface area contributed by atoms with Crippen molar-refractivity contribution < 1.29 is 0 Å². The van der Waals surface area contributed by atoms with Gasteiger partial charge >= 0.3 is 0 Å². The minimum absolute atomic E-state index is 0.349. The Labute approximate surface area is 119 Å². The van der Waals surface area contributed by atoms with Gasteiger partial charge in [-0.2, -0.15) is 0 Å². The van der Waals surface area contributed by atoms with Gasteiger partial charge in [0.25, 0.3) is 0 Å². The molecule has 1 unspecified atom stereocenters. The van der Waals surface area contributed by atoms with E-state index in [0.29, 0.717) is 17.4 Å². The van der Waals surface area contributed by atoms with E-state index < -0.39 is 0 Å². The highest BCUT2D eigenvalue weighted by Gasteiger charge is 2.19. The van der Waals surface area contributed by atoms with Crippen LogP contribution in [0.15, 0.2) is 24.3 Å². The highest BCUT2D eigenvalue weighted by atomic mass is 14.9. The lowest BCUT2D eigenvalue weighted by Crippen LogP contribution is -2.26. The van der Waals surface area contributed by atoms with Crippen molar-refractivity contribution in [3.8, 4) is 0 Å². The van der Waals surface area contributed by atoms with Gasteiger partial charge in [-0.05, 0) is 41.8 Å². The van der Waals surface area contributed by atoms with E-state index in [1.165, 1.54) is 24.0 Å². The number of rotatable bonds is 6. The van der Waals surface area contributed by atoms with Crippen molar-refractivity contribution in [3.05, 3.63) is 35.4 Å². The number of benzene rings is 1. The summed E-state index contributed by atoms with van der Waals surface area (Å²) < 4.78 is 0. The average Bonchev–Trinajstić information content (AvgIpc) is 2.33. The summed E-state index contributed by atoms with van der Waals surface area (Å²) in [6.07, 6.45) is 2.36. The molecule has 1 nitrogen and oxygen atoms in total. The molecule has 1 heteroatoms. The Morgan fingerprint density at radius 3 is 1.95 bits per heavy atom. The van der Waals surface area contributed by atoms with Crippen molar-refractivity contribution in [2.75, 3.05) is 6.54 Å². The van der Waals surface area contributed by atoms with E-state index in [9.17, 15) is 0 Å². The monoisotopic (exact) mass is 261 g/mol. The molecule has 1 atom stereocenters. The van der Waals surface area contributed by atoms with Gasteiger partial charge in [-0.15, -0.1) is 0 Å². The van der Waals surface area contributed by atoms with Crippen molar-refractivity contribution in [2.24, 2.45) is 5.41 Å². The van der Waals surface area contributed by atoms with E-state index in [1.807, 2.05) is 0 Å². The highest BCUT2D eigenvalue weighted by molar-refractivity contribution is 5.27. The average molecular weight is 261 g/mol. The summed E-state index contributed by atoms with van der Waals surface area (Å²) in [7, 11) is 0. The van der Waals surface area contributed by atoms with Gasteiger partial charge in [0.15, 0.2) is 0 Å². The van der Waals surface area contributed by atoms with Crippen LogP contribution in [-0.4, -0.2) is 6.54 Å². The van der Waals surface area contributed by atoms with E-state index >= 15 is 0 Å². The Morgan fingerprint density at radius 2 is 1.53 bits per heavy atom.